The van der Waals surface area contributed by atoms with E-state index in [0.717, 1.165) is 0 Å². The molecule has 0 bridgehead atoms. The number of halogens is 1. The molecule has 0 aliphatic rings. The summed E-state index contributed by atoms with van der Waals surface area (Å²) in [7, 11) is 1.61. The van der Waals surface area contributed by atoms with Gasteiger partial charge in [0.1, 0.15) is 0 Å². The van der Waals surface area contributed by atoms with Gasteiger partial charge in [-0.05, 0) is 12.0 Å². The smallest absolute Gasteiger partial charge is 0.254 e. The summed E-state index contributed by atoms with van der Waals surface area (Å²) < 4.78 is 5.07. The Hall–Kier alpha value is -1.13. The van der Waals surface area contributed by atoms with Gasteiger partial charge in [0.05, 0.1) is 23.2 Å². The predicted octanol–water partition coefficient (Wildman–Crippen LogP) is 2.14. The quantitative estimate of drug-likeness (QED) is 0.878. The number of aromatic nitrogens is 1. The molecule has 1 N–H and O–H groups in total. The molecule has 1 amide bonds. The molecule has 1 unspecified atom stereocenters. The van der Waals surface area contributed by atoms with E-state index >= 15 is 0 Å². The van der Waals surface area contributed by atoms with Gasteiger partial charge in [0.2, 0.25) is 0 Å². The maximum atomic E-state index is 12.0. The highest BCUT2D eigenvalue weighted by atomic mass is 35.5. The number of ether oxygens (including phenoxy) is 1. The Morgan fingerprint density at radius 3 is 2.82 bits per heavy atom. The lowest BCUT2D eigenvalue weighted by atomic mass is 10.0. The van der Waals surface area contributed by atoms with E-state index in [4.69, 9.17) is 16.3 Å². The highest BCUT2D eigenvalue weighted by Gasteiger charge is 2.18. The van der Waals surface area contributed by atoms with E-state index in [9.17, 15) is 4.79 Å². The summed E-state index contributed by atoms with van der Waals surface area (Å²) in [5.74, 6) is 0.0631. The number of nitrogens with zero attached hydrogens (tertiary/aromatic N) is 1. The zero-order chi connectivity index (χ0) is 12.8. The number of hydrogen-bond donors (Lipinski definition) is 1. The third-order valence-corrected chi connectivity index (χ3v) is 2.81. The molecule has 1 heterocycles. The summed E-state index contributed by atoms with van der Waals surface area (Å²) in [4.78, 5) is 15.9. The SMILES string of the molecule is COCC(NC(=O)c1cnccc1Cl)C(C)C. The van der Waals surface area contributed by atoms with Gasteiger partial charge in [-0.1, -0.05) is 25.4 Å². The van der Waals surface area contributed by atoms with Gasteiger partial charge in [-0.3, -0.25) is 9.78 Å². The summed E-state index contributed by atoms with van der Waals surface area (Å²) in [6.07, 6.45) is 3.01. The van der Waals surface area contributed by atoms with Crippen molar-refractivity contribution in [1.82, 2.24) is 10.3 Å². The molecule has 1 atom stereocenters. The Bertz CT molecular complexity index is 383. The van der Waals surface area contributed by atoms with Crippen LogP contribution in [0.1, 0.15) is 24.2 Å². The third-order valence-electron chi connectivity index (χ3n) is 2.48. The lowest BCUT2D eigenvalue weighted by molar-refractivity contribution is 0.0866. The molecular formula is C12H17ClN2O2. The number of carbonyl (C=O) groups excluding carboxylic acids is 1. The summed E-state index contributed by atoms with van der Waals surface area (Å²) in [5.41, 5.74) is 0.385. The molecule has 94 valence electrons. The second-order valence-electron chi connectivity index (χ2n) is 4.13. The van der Waals surface area contributed by atoms with Crippen molar-refractivity contribution in [2.75, 3.05) is 13.7 Å². The molecule has 0 fully saturated rings. The molecule has 0 radical (unpaired) electrons. The molecule has 0 aliphatic heterocycles. The topological polar surface area (TPSA) is 51.2 Å². The highest BCUT2D eigenvalue weighted by Crippen LogP contribution is 2.14. The van der Waals surface area contributed by atoms with E-state index in [-0.39, 0.29) is 17.9 Å². The molecule has 0 saturated carbocycles. The van der Waals surface area contributed by atoms with Crippen LogP contribution < -0.4 is 5.32 Å². The molecule has 0 spiro atoms. The van der Waals surface area contributed by atoms with Crippen molar-refractivity contribution in [1.29, 1.82) is 0 Å². The maximum Gasteiger partial charge on any atom is 0.254 e. The molecule has 17 heavy (non-hydrogen) atoms. The Morgan fingerprint density at radius 1 is 1.59 bits per heavy atom. The van der Waals surface area contributed by atoms with Crippen molar-refractivity contribution in [3.05, 3.63) is 29.0 Å². The fourth-order valence-electron chi connectivity index (χ4n) is 1.37. The van der Waals surface area contributed by atoms with Crippen LogP contribution >= 0.6 is 11.6 Å². The number of amides is 1. The molecule has 1 aromatic rings. The van der Waals surface area contributed by atoms with Crippen LogP contribution in [0, 0.1) is 5.92 Å². The summed E-state index contributed by atoms with van der Waals surface area (Å²) in [6.45, 7) is 4.52. The second-order valence-corrected chi connectivity index (χ2v) is 4.54. The molecule has 4 nitrogen and oxygen atoms in total. The average molecular weight is 257 g/mol. The van der Waals surface area contributed by atoms with Crippen molar-refractivity contribution < 1.29 is 9.53 Å². The standard InChI is InChI=1S/C12H17ClN2O2/c1-8(2)11(7-17-3)15-12(16)9-6-14-5-4-10(9)13/h4-6,8,11H,7H2,1-3H3,(H,15,16). The van der Waals surface area contributed by atoms with Crippen molar-refractivity contribution in [2.24, 2.45) is 5.92 Å². The van der Waals surface area contributed by atoms with Crippen LogP contribution in [0.2, 0.25) is 5.02 Å². The van der Waals surface area contributed by atoms with Gasteiger partial charge in [0.25, 0.3) is 5.91 Å². The van der Waals surface area contributed by atoms with E-state index in [1.807, 2.05) is 13.8 Å². The molecule has 0 aromatic carbocycles. The van der Waals surface area contributed by atoms with Crippen molar-refractivity contribution in [3.8, 4) is 0 Å². The lowest BCUT2D eigenvalue weighted by Gasteiger charge is -2.21. The molecule has 5 heteroatoms. The maximum absolute atomic E-state index is 12.0. The van der Waals surface area contributed by atoms with Crippen molar-refractivity contribution in [3.63, 3.8) is 0 Å². The number of pyridine rings is 1. The van der Waals surface area contributed by atoms with E-state index in [1.165, 1.54) is 6.20 Å². The van der Waals surface area contributed by atoms with Gasteiger partial charge < -0.3 is 10.1 Å². The van der Waals surface area contributed by atoms with Crippen LogP contribution in [0.4, 0.5) is 0 Å². The Balaban J connectivity index is 2.74. The van der Waals surface area contributed by atoms with Crippen LogP contribution in [0.25, 0.3) is 0 Å². The van der Waals surface area contributed by atoms with E-state index in [2.05, 4.69) is 10.3 Å². The van der Waals surface area contributed by atoms with Gasteiger partial charge in [-0.2, -0.15) is 0 Å². The average Bonchev–Trinajstić information content (AvgIpc) is 2.28. The van der Waals surface area contributed by atoms with Crippen LogP contribution in [-0.2, 0) is 4.74 Å². The van der Waals surface area contributed by atoms with E-state index < -0.39 is 0 Å². The Kier molecular flexibility index (Phi) is 5.38. The van der Waals surface area contributed by atoms with Gasteiger partial charge >= 0.3 is 0 Å². The second kappa shape index (κ2) is 6.57. The first-order chi connectivity index (χ1) is 8.06. The zero-order valence-corrected chi connectivity index (χ0v) is 11.0. The lowest BCUT2D eigenvalue weighted by Crippen LogP contribution is -2.41. The zero-order valence-electron chi connectivity index (χ0n) is 10.2. The summed E-state index contributed by atoms with van der Waals surface area (Å²) in [6, 6.07) is 1.56. The molecular weight excluding hydrogens is 240 g/mol. The van der Waals surface area contributed by atoms with Crippen LogP contribution in [0.15, 0.2) is 18.5 Å². The summed E-state index contributed by atoms with van der Waals surface area (Å²) in [5, 5.41) is 3.29. The first-order valence-corrected chi connectivity index (χ1v) is 5.83. The number of methoxy groups -OCH3 is 1. The molecule has 1 aromatic heterocycles. The van der Waals surface area contributed by atoms with Crippen LogP contribution in [0.5, 0.6) is 0 Å². The van der Waals surface area contributed by atoms with Gasteiger partial charge in [-0.15, -0.1) is 0 Å². The fourth-order valence-corrected chi connectivity index (χ4v) is 1.56. The minimum atomic E-state index is -0.223. The Labute approximate surface area is 106 Å². The summed E-state index contributed by atoms with van der Waals surface area (Å²) >= 11 is 5.93. The largest absolute Gasteiger partial charge is 0.383 e. The molecule has 1 rings (SSSR count). The number of carbonyl (C=O) groups is 1. The van der Waals surface area contributed by atoms with E-state index in [1.54, 1.807) is 19.4 Å². The molecule has 0 saturated heterocycles. The van der Waals surface area contributed by atoms with Crippen molar-refractivity contribution in [2.45, 2.75) is 19.9 Å². The minimum Gasteiger partial charge on any atom is -0.383 e. The van der Waals surface area contributed by atoms with Gasteiger partial charge in [0.15, 0.2) is 0 Å². The first-order valence-electron chi connectivity index (χ1n) is 5.45. The number of hydrogen-bond acceptors (Lipinski definition) is 3. The monoisotopic (exact) mass is 256 g/mol. The van der Waals surface area contributed by atoms with Crippen LogP contribution in [0.3, 0.4) is 0 Å². The highest BCUT2D eigenvalue weighted by molar-refractivity contribution is 6.33. The molecule has 0 aliphatic carbocycles. The number of rotatable bonds is 5. The third kappa shape index (κ3) is 3.98. The normalized spacial score (nSPS) is 12.5. The van der Waals surface area contributed by atoms with Gasteiger partial charge in [0, 0.05) is 19.5 Å². The van der Waals surface area contributed by atoms with Crippen LogP contribution in [-0.4, -0.2) is 30.6 Å². The minimum absolute atomic E-state index is 0.0382. The Morgan fingerprint density at radius 2 is 2.29 bits per heavy atom. The van der Waals surface area contributed by atoms with Gasteiger partial charge in [-0.25, -0.2) is 0 Å². The fraction of sp³-hybridized carbons (Fsp3) is 0.500. The predicted molar refractivity (Wildman–Crippen MR) is 67.2 cm³/mol. The first kappa shape index (κ1) is 13.9. The van der Waals surface area contributed by atoms with Crippen molar-refractivity contribution >= 4 is 17.5 Å². The van der Waals surface area contributed by atoms with E-state index in [0.29, 0.717) is 17.2 Å². The number of nitrogens with one attached hydrogen (secondary N) is 1.